The van der Waals surface area contributed by atoms with Crippen LogP contribution in [0.5, 0.6) is 0 Å². The molecule has 1 aliphatic heterocycles. The van der Waals surface area contributed by atoms with Crippen molar-refractivity contribution < 1.29 is 19.4 Å². The van der Waals surface area contributed by atoms with Gasteiger partial charge < -0.3 is 14.6 Å². The van der Waals surface area contributed by atoms with Crippen LogP contribution >= 0.6 is 0 Å². The molecule has 1 fully saturated rings. The van der Waals surface area contributed by atoms with Crippen LogP contribution < -0.4 is 0 Å². The Labute approximate surface area is 108 Å². The molecule has 1 heterocycles. The Bertz CT molecular complexity index is 232. The molecule has 0 atom stereocenters. The lowest BCUT2D eigenvalue weighted by Gasteiger charge is -2.29. The van der Waals surface area contributed by atoms with Gasteiger partial charge in [0.1, 0.15) is 0 Å². The van der Waals surface area contributed by atoms with Crippen molar-refractivity contribution in [3.8, 4) is 0 Å². The molecule has 0 bridgehead atoms. The SMILES string of the molecule is COCCN(CCC(=O)O)CCN1CCOCC1. The zero-order valence-electron chi connectivity index (χ0n) is 11.1. The van der Waals surface area contributed by atoms with Crippen LogP contribution in [-0.2, 0) is 14.3 Å². The Balaban J connectivity index is 2.22. The van der Waals surface area contributed by atoms with Crippen molar-refractivity contribution in [1.82, 2.24) is 9.80 Å². The number of ether oxygens (including phenoxy) is 2. The number of carbonyl (C=O) groups is 1. The third kappa shape index (κ3) is 6.90. The van der Waals surface area contributed by atoms with Gasteiger partial charge in [0, 0.05) is 46.4 Å². The van der Waals surface area contributed by atoms with E-state index in [4.69, 9.17) is 14.6 Å². The van der Waals surface area contributed by atoms with Crippen LogP contribution in [0, 0.1) is 0 Å². The van der Waals surface area contributed by atoms with E-state index in [-0.39, 0.29) is 6.42 Å². The third-order valence-electron chi connectivity index (χ3n) is 3.09. The third-order valence-corrected chi connectivity index (χ3v) is 3.09. The fourth-order valence-corrected chi connectivity index (χ4v) is 1.92. The normalized spacial score (nSPS) is 17.2. The molecule has 106 valence electrons. The van der Waals surface area contributed by atoms with Crippen LogP contribution in [0.25, 0.3) is 0 Å². The van der Waals surface area contributed by atoms with Crippen LogP contribution in [-0.4, -0.2) is 87.1 Å². The van der Waals surface area contributed by atoms with Gasteiger partial charge in [-0.3, -0.25) is 14.6 Å². The van der Waals surface area contributed by atoms with Crippen molar-refractivity contribution in [3.63, 3.8) is 0 Å². The van der Waals surface area contributed by atoms with Gasteiger partial charge in [0.15, 0.2) is 0 Å². The van der Waals surface area contributed by atoms with Crippen LogP contribution in [0.3, 0.4) is 0 Å². The van der Waals surface area contributed by atoms with E-state index in [0.29, 0.717) is 13.2 Å². The molecule has 0 amide bonds. The molecule has 1 saturated heterocycles. The van der Waals surface area contributed by atoms with Crippen LogP contribution in [0.2, 0.25) is 0 Å². The summed E-state index contributed by atoms with van der Waals surface area (Å²) in [6.45, 7) is 7.40. The first kappa shape index (κ1) is 15.4. The first-order valence-corrected chi connectivity index (χ1v) is 6.45. The molecular formula is C12H24N2O4. The summed E-state index contributed by atoms with van der Waals surface area (Å²) >= 11 is 0. The Morgan fingerprint density at radius 1 is 1.33 bits per heavy atom. The predicted octanol–water partition coefficient (Wildman–Crippen LogP) is -0.258. The summed E-state index contributed by atoms with van der Waals surface area (Å²) in [7, 11) is 1.66. The van der Waals surface area contributed by atoms with Gasteiger partial charge in [-0.2, -0.15) is 0 Å². The highest BCUT2D eigenvalue weighted by molar-refractivity contribution is 5.66. The van der Waals surface area contributed by atoms with E-state index in [9.17, 15) is 4.79 Å². The number of morpholine rings is 1. The summed E-state index contributed by atoms with van der Waals surface area (Å²) < 4.78 is 10.3. The molecule has 0 radical (unpaired) electrons. The van der Waals surface area contributed by atoms with Gasteiger partial charge in [0.25, 0.3) is 0 Å². The minimum atomic E-state index is -0.746. The molecule has 18 heavy (non-hydrogen) atoms. The highest BCUT2D eigenvalue weighted by Gasteiger charge is 2.13. The Morgan fingerprint density at radius 3 is 2.67 bits per heavy atom. The van der Waals surface area contributed by atoms with Gasteiger partial charge in [-0.25, -0.2) is 0 Å². The number of hydrogen-bond acceptors (Lipinski definition) is 5. The van der Waals surface area contributed by atoms with Gasteiger partial charge in [0.2, 0.25) is 0 Å². The molecule has 0 aromatic rings. The van der Waals surface area contributed by atoms with Crippen LogP contribution in [0.1, 0.15) is 6.42 Å². The number of carboxylic acid groups (broad SMARTS) is 1. The molecule has 1 aliphatic rings. The predicted molar refractivity (Wildman–Crippen MR) is 67.8 cm³/mol. The second-order valence-corrected chi connectivity index (χ2v) is 4.43. The van der Waals surface area contributed by atoms with E-state index in [1.54, 1.807) is 7.11 Å². The Morgan fingerprint density at radius 2 is 2.06 bits per heavy atom. The van der Waals surface area contributed by atoms with E-state index in [1.807, 2.05) is 0 Å². The average Bonchev–Trinajstić information content (AvgIpc) is 2.39. The lowest BCUT2D eigenvalue weighted by molar-refractivity contribution is -0.137. The van der Waals surface area contributed by atoms with E-state index in [1.165, 1.54) is 0 Å². The zero-order valence-corrected chi connectivity index (χ0v) is 11.1. The minimum Gasteiger partial charge on any atom is -0.481 e. The van der Waals surface area contributed by atoms with Crippen molar-refractivity contribution in [2.24, 2.45) is 0 Å². The summed E-state index contributed by atoms with van der Waals surface area (Å²) in [4.78, 5) is 15.1. The summed E-state index contributed by atoms with van der Waals surface area (Å²) in [6, 6.07) is 0. The number of carboxylic acids is 1. The first-order chi connectivity index (χ1) is 8.72. The number of nitrogens with zero attached hydrogens (tertiary/aromatic N) is 2. The fourth-order valence-electron chi connectivity index (χ4n) is 1.92. The van der Waals surface area contributed by atoms with Crippen molar-refractivity contribution in [1.29, 1.82) is 0 Å². The zero-order chi connectivity index (χ0) is 13.2. The van der Waals surface area contributed by atoms with E-state index in [2.05, 4.69) is 9.80 Å². The fraction of sp³-hybridized carbons (Fsp3) is 0.917. The molecule has 0 spiro atoms. The van der Waals surface area contributed by atoms with Gasteiger partial charge in [-0.05, 0) is 0 Å². The maximum Gasteiger partial charge on any atom is 0.304 e. The number of aliphatic carboxylic acids is 1. The number of hydrogen-bond donors (Lipinski definition) is 1. The average molecular weight is 260 g/mol. The molecule has 1 rings (SSSR count). The van der Waals surface area contributed by atoms with E-state index < -0.39 is 5.97 Å². The second-order valence-electron chi connectivity index (χ2n) is 4.43. The van der Waals surface area contributed by atoms with Crippen molar-refractivity contribution in [2.45, 2.75) is 6.42 Å². The van der Waals surface area contributed by atoms with Crippen molar-refractivity contribution in [2.75, 3.05) is 66.2 Å². The lowest BCUT2D eigenvalue weighted by atomic mass is 10.3. The molecule has 0 saturated carbocycles. The molecule has 6 heteroatoms. The highest BCUT2D eigenvalue weighted by Crippen LogP contribution is 1.99. The second kappa shape index (κ2) is 9.27. The number of methoxy groups -OCH3 is 1. The molecule has 1 N–H and O–H groups in total. The van der Waals surface area contributed by atoms with Gasteiger partial charge >= 0.3 is 5.97 Å². The monoisotopic (exact) mass is 260 g/mol. The molecule has 0 unspecified atom stereocenters. The topological polar surface area (TPSA) is 62.2 Å². The minimum absolute atomic E-state index is 0.187. The highest BCUT2D eigenvalue weighted by atomic mass is 16.5. The van der Waals surface area contributed by atoms with Gasteiger partial charge in [0.05, 0.1) is 26.2 Å². The largest absolute Gasteiger partial charge is 0.481 e. The molecule has 6 nitrogen and oxygen atoms in total. The number of rotatable bonds is 9. The first-order valence-electron chi connectivity index (χ1n) is 6.45. The van der Waals surface area contributed by atoms with Crippen LogP contribution in [0.4, 0.5) is 0 Å². The van der Waals surface area contributed by atoms with E-state index >= 15 is 0 Å². The van der Waals surface area contributed by atoms with Crippen molar-refractivity contribution >= 4 is 5.97 Å². The van der Waals surface area contributed by atoms with Crippen LogP contribution in [0.15, 0.2) is 0 Å². The molecule has 0 aromatic carbocycles. The maximum absolute atomic E-state index is 10.6. The Kier molecular flexibility index (Phi) is 7.91. The summed E-state index contributed by atoms with van der Waals surface area (Å²) in [5, 5.41) is 8.72. The summed E-state index contributed by atoms with van der Waals surface area (Å²) in [6.07, 6.45) is 0.187. The van der Waals surface area contributed by atoms with Crippen molar-refractivity contribution in [3.05, 3.63) is 0 Å². The van der Waals surface area contributed by atoms with Gasteiger partial charge in [-0.1, -0.05) is 0 Å². The summed E-state index contributed by atoms with van der Waals surface area (Å²) in [5.41, 5.74) is 0. The lowest BCUT2D eigenvalue weighted by Crippen LogP contribution is -2.42. The van der Waals surface area contributed by atoms with Gasteiger partial charge in [-0.15, -0.1) is 0 Å². The molecular weight excluding hydrogens is 236 g/mol. The molecule has 0 aliphatic carbocycles. The smallest absolute Gasteiger partial charge is 0.304 e. The standard InChI is InChI=1S/C12H24N2O4/c1-17-9-6-13(3-2-12(15)16)4-5-14-7-10-18-11-8-14/h2-11H2,1H3,(H,15,16). The maximum atomic E-state index is 10.6. The summed E-state index contributed by atoms with van der Waals surface area (Å²) in [5.74, 6) is -0.746. The quantitative estimate of drug-likeness (QED) is 0.616. The van der Waals surface area contributed by atoms with E-state index in [0.717, 1.165) is 45.9 Å². The molecule has 0 aromatic heterocycles. The Hall–Kier alpha value is -0.690.